The summed E-state index contributed by atoms with van der Waals surface area (Å²) >= 11 is 0. The molecule has 1 aliphatic carbocycles. The highest BCUT2D eigenvalue weighted by Crippen LogP contribution is 2.39. The van der Waals surface area contributed by atoms with E-state index in [2.05, 4.69) is 58.8 Å². The topological polar surface area (TPSA) is 41.6 Å². The molecule has 4 heteroatoms. The van der Waals surface area contributed by atoms with Crippen LogP contribution in [-0.2, 0) is 9.63 Å². The SMILES string of the molecule is CC(C)(C)[C@H]1CCC(=O)[C@@H](ON2C(C)(C)CNCC2(C)C)C1. The monoisotopic (exact) mass is 310 g/mol. The summed E-state index contributed by atoms with van der Waals surface area (Å²) in [5.74, 6) is 0.815. The molecule has 0 aromatic heterocycles. The van der Waals surface area contributed by atoms with Gasteiger partial charge < -0.3 is 5.32 Å². The number of carbonyl (C=O) groups excluding carboxylic acids is 1. The zero-order valence-electron chi connectivity index (χ0n) is 15.5. The Morgan fingerprint density at radius 2 is 1.68 bits per heavy atom. The summed E-state index contributed by atoms with van der Waals surface area (Å²) in [5, 5.41) is 5.56. The summed E-state index contributed by atoms with van der Waals surface area (Å²) in [4.78, 5) is 18.7. The second-order valence-corrected chi connectivity index (χ2v) is 9.42. The predicted molar refractivity (Wildman–Crippen MR) is 89.5 cm³/mol. The summed E-state index contributed by atoms with van der Waals surface area (Å²) in [6.45, 7) is 17.3. The molecule has 2 aliphatic rings. The third-order valence-electron chi connectivity index (χ3n) is 5.27. The van der Waals surface area contributed by atoms with Crippen LogP contribution < -0.4 is 5.32 Å². The van der Waals surface area contributed by atoms with Gasteiger partial charge in [-0.3, -0.25) is 9.63 Å². The smallest absolute Gasteiger partial charge is 0.163 e. The Bertz CT molecular complexity index is 407. The van der Waals surface area contributed by atoms with Crippen molar-refractivity contribution in [2.45, 2.75) is 84.9 Å². The average molecular weight is 310 g/mol. The van der Waals surface area contributed by atoms with Crippen molar-refractivity contribution < 1.29 is 9.63 Å². The van der Waals surface area contributed by atoms with Gasteiger partial charge in [-0.1, -0.05) is 20.8 Å². The number of nitrogens with zero attached hydrogens (tertiary/aromatic N) is 1. The molecule has 0 aromatic carbocycles. The van der Waals surface area contributed by atoms with Crippen LogP contribution in [0.3, 0.4) is 0 Å². The second kappa shape index (κ2) is 5.88. The molecule has 4 nitrogen and oxygen atoms in total. The van der Waals surface area contributed by atoms with Gasteiger partial charge in [-0.25, -0.2) is 0 Å². The highest BCUT2D eigenvalue weighted by molar-refractivity contribution is 5.83. The minimum atomic E-state index is -0.283. The Hall–Kier alpha value is -0.450. The summed E-state index contributed by atoms with van der Waals surface area (Å²) in [6.07, 6.45) is 2.21. The van der Waals surface area contributed by atoms with Crippen LogP contribution in [0.1, 0.15) is 67.7 Å². The zero-order valence-corrected chi connectivity index (χ0v) is 15.5. The molecule has 0 aromatic rings. The van der Waals surface area contributed by atoms with Gasteiger partial charge in [0.1, 0.15) is 6.10 Å². The lowest BCUT2D eigenvalue weighted by Crippen LogP contribution is -2.68. The average Bonchev–Trinajstić information content (AvgIpc) is 2.33. The first-order valence-electron chi connectivity index (χ1n) is 8.64. The summed E-state index contributed by atoms with van der Waals surface area (Å²) in [7, 11) is 0. The van der Waals surface area contributed by atoms with Crippen molar-refractivity contribution in [2.24, 2.45) is 11.3 Å². The van der Waals surface area contributed by atoms with Crippen LogP contribution in [0.4, 0.5) is 0 Å². The maximum atomic E-state index is 12.4. The van der Waals surface area contributed by atoms with E-state index in [0.29, 0.717) is 12.3 Å². The number of carbonyl (C=O) groups is 1. The molecule has 1 saturated heterocycles. The molecule has 128 valence electrons. The molecule has 1 aliphatic heterocycles. The highest BCUT2D eigenvalue weighted by Gasteiger charge is 2.46. The van der Waals surface area contributed by atoms with Gasteiger partial charge >= 0.3 is 0 Å². The highest BCUT2D eigenvalue weighted by atomic mass is 16.7. The third-order valence-corrected chi connectivity index (χ3v) is 5.27. The fourth-order valence-corrected chi connectivity index (χ4v) is 3.92. The molecular weight excluding hydrogens is 276 g/mol. The quantitative estimate of drug-likeness (QED) is 0.850. The first kappa shape index (κ1) is 17.9. The van der Waals surface area contributed by atoms with E-state index in [1.165, 1.54) is 0 Å². The number of hydrogen-bond acceptors (Lipinski definition) is 4. The van der Waals surface area contributed by atoms with Crippen molar-refractivity contribution >= 4 is 5.78 Å². The maximum absolute atomic E-state index is 12.4. The van der Waals surface area contributed by atoms with E-state index in [0.717, 1.165) is 25.9 Å². The van der Waals surface area contributed by atoms with E-state index in [4.69, 9.17) is 4.84 Å². The van der Waals surface area contributed by atoms with Crippen LogP contribution in [0.2, 0.25) is 0 Å². The number of nitrogens with one attached hydrogen (secondary N) is 1. The van der Waals surface area contributed by atoms with Crippen LogP contribution >= 0.6 is 0 Å². The normalized spacial score (nSPS) is 33.0. The largest absolute Gasteiger partial charge is 0.313 e. The number of ketones is 1. The van der Waals surface area contributed by atoms with Crippen LogP contribution in [0, 0.1) is 11.3 Å². The van der Waals surface area contributed by atoms with E-state index in [-0.39, 0.29) is 28.4 Å². The predicted octanol–water partition coefficient (Wildman–Crippen LogP) is 3.16. The van der Waals surface area contributed by atoms with Crippen molar-refractivity contribution in [3.05, 3.63) is 0 Å². The van der Waals surface area contributed by atoms with Crippen LogP contribution in [0.15, 0.2) is 0 Å². The van der Waals surface area contributed by atoms with Gasteiger partial charge in [0.2, 0.25) is 0 Å². The van der Waals surface area contributed by atoms with Gasteiger partial charge in [-0.05, 0) is 51.9 Å². The number of hydroxylamine groups is 2. The van der Waals surface area contributed by atoms with E-state index in [1.54, 1.807) is 0 Å². The Morgan fingerprint density at radius 1 is 1.14 bits per heavy atom. The van der Waals surface area contributed by atoms with Crippen LogP contribution in [0.5, 0.6) is 0 Å². The first-order chi connectivity index (χ1) is 9.93. The van der Waals surface area contributed by atoms with Gasteiger partial charge in [0, 0.05) is 19.5 Å². The molecule has 1 saturated carbocycles. The van der Waals surface area contributed by atoms with Gasteiger partial charge in [-0.15, -0.1) is 0 Å². The van der Waals surface area contributed by atoms with Gasteiger partial charge in [0.15, 0.2) is 5.78 Å². The molecule has 22 heavy (non-hydrogen) atoms. The molecule has 2 rings (SSSR count). The van der Waals surface area contributed by atoms with Gasteiger partial charge in [0.05, 0.1) is 11.1 Å². The molecule has 0 bridgehead atoms. The van der Waals surface area contributed by atoms with E-state index in [9.17, 15) is 4.79 Å². The van der Waals surface area contributed by atoms with Gasteiger partial charge in [0.25, 0.3) is 0 Å². The lowest BCUT2D eigenvalue weighted by atomic mass is 9.71. The molecule has 2 fully saturated rings. The molecule has 2 atom stereocenters. The Balaban J connectivity index is 2.14. The van der Waals surface area contributed by atoms with E-state index in [1.807, 2.05) is 0 Å². The molecule has 1 N–H and O–H groups in total. The van der Waals surface area contributed by atoms with Crippen molar-refractivity contribution in [2.75, 3.05) is 13.1 Å². The minimum Gasteiger partial charge on any atom is -0.313 e. The first-order valence-corrected chi connectivity index (χ1v) is 8.64. The lowest BCUT2D eigenvalue weighted by Gasteiger charge is -2.53. The molecule has 0 spiro atoms. The number of piperazine rings is 1. The standard InChI is InChI=1S/C18H34N2O2/c1-16(2,3)13-8-9-14(21)15(10-13)22-20-17(4,5)11-19-12-18(20,6)7/h13,15,19H,8-12H2,1-7H3/t13-,15-/m0/s1. The van der Waals surface area contributed by atoms with E-state index >= 15 is 0 Å². The zero-order chi connectivity index (χ0) is 16.8. The number of hydrogen-bond donors (Lipinski definition) is 1. The fraction of sp³-hybridized carbons (Fsp3) is 0.944. The molecule has 1 heterocycles. The summed E-state index contributed by atoms with van der Waals surface area (Å²) < 4.78 is 0. The summed E-state index contributed by atoms with van der Waals surface area (Å²) in [6, 6.07) is 0. The van der Waals surface area contributed by atoms with Crippen molar-refractivity contribution in [3.63, 3.8) is 0 Å². The minimum absolute atomic E-state index is 0.114. The van der Waals surface area contributed by atoms with Gasteiger partial charge in [-0.2, -0.15) is 5.06 Å². The second-order valence-electron chi connectivity index (χ2n) is 9.42. The van der Waals surface area contributed by atoms with Crippen LogP contribution in [0.25, 0.3) is 0 Å². The third kappa shape index (κ3) is 3.72. The molecule has 0 amide bonds. The van der Waals surface area contributed by atoms with Crippen molar-refractivity contribution in [1.82, 2.24) is 10.4 Å². The Kier molecular flexibility index (Phi) is 4.78. The molecular formula is C18H34N2O2. The molecule has 0 radical (unpaired) electrons. The Morgan fingerprint density at radius 3 is 2.18 bits per heavy atom. The van der Waals surface area contributed by atoms with Crippen molar-refractivity contribution in [3.8, 4) is 0 Å². The Labute approximate surface area is 135 Å². The van der Waals surface area contributed by atoms with Crippen LogP contribution in [-0.4, -0.2) is 41.1 Å². The number of rotatable bonds is 2. The molecule has 0 unspecified atom stereocenters. The lowest BCUT2D eigenvalue weighted by molar-refractivity contribution is -0.297. The summed E-state index contributed by atoms with van der Waals surface area (Å²) in [5.41, 5.74) is 0.00418. The maximum Gasteiger partial charge on any atom is 0.163 e. The van der Waals surface area contributed by atoms with E-state index < -0.39 is 0 Å². The number of Topliss-reactive ketones (excluding diaryl/α,β-unsaturated/α-hetero) is 1. The van der Waals surface area contributed by atoms with Crippen molar-refractivity contribution in [1.29, 1.82) is 0 Å². The fourth-order valence-electron chi connectivity index (χ4n) is 3.92.